The van der Waals surface area contributed by atoms with Crippen LogP contribution in [-0.4, -0.2) is 16.7 Å². The minimum atomic E-state index is 0.289. The summed E-state index contributed by atoms with van der Waals surface area (Å²) in [6, 6.07) is 0. The largest absolute Gasteiger partial charge is 0.312 e. The summed E-state index contributed by atoms with van der Waals surface area (Å²) in [5, 5.41) is 10.7. The first-order valence-corrected chi connectivity index (χ1v) is 4.82. The van der Waals surface area contributed by atoms with Crippen LogP contribution in [0.1, 0.15) is 37.9 Å². The third-order valence-corrected chi connectivity index (χ3v) is 2.79. The van der Waals surface area contributed by atoms with Crippen LogP contribution in [0.5, 0.6) is 0 Å². The number of nitrogens with one attached hydrogen (secondary N) is 2. The zero-order chi connectivity index (χ0) is 9.47. The van der Waals surface area contributed by atoms with Crippen LogP contribution in [-0.2, 0) is 6.54 Å². The fraction of sp³-hybridized carbons (Fsp3) is 0.700. The van der Waals surface area contributed by atoms with Crippen LogP contribution in [0.3, 0.4) is 0 Å². The van der Waals surface area contributed by atoms with Crippen molar-refractivity contribution < 1.29 is 0 Å². The van der Waals surface area contributed by atoms with Crippen LogP contribution in [0.4, 0.5) is 0 Å². The van der Waals surface area contributed by atoms with Gasteiger partial charge in [-0.1, -0.05) is 20.8 Å². The number of hydrogen-bond acceptors (Lipinski definition) is 2. The molecule has 72 valence electrons. The second-order valence-electron chi connectivity index (χ2n) is 4.85. The van der Waals surface area contributed by atoms with Gasteiger partial charge in [0.25, 0.3) is 0 Å². The zero-order valence-electron chi connectivity index (χ0n) is 8.52. The van der Waals surface area contributed by atoms with Gasteiger partial charge in [-0.3, -0.25) is 5.10 Å². The van der Waals surface area contributed by atoms with Gasteiger partial charge in [-0.05, 0) is 5.41 Å². The van der Waals surface area contributed by atoms with Crippen molar-refractivity contribution in [3.8, 4) is 0 Å². The van der Waals surface area contributed by atoms with E-state index in [9.17, 15) is 0 Å². The number of H-pyrrole nitrogens is 1. The maximum absolute atomic E-state index is 4.34. The third kappa shape index (κ3) is 1.48. The van der Waals surface area contributed by atoms with Gasteiger partial charge in [0, 0.05) is 30.8 Å². The highest BCUT2D eigenvalue weighted by Crippen LogP contribution is 2.36. The van der Waals surface area contributed by atoms with E-state index in [-0.39, 0.29) is 5.41 Å². The van der Waals surface area contributed by atoms with Gasteiger partial charge in [0.1, 0.15) is 0 Å². The average Bonchev–Trinajstić information content (AvgIpc) is 2.48. The molecule has 3 heteroatoms. The Morgan fingerprint density at radius 1 is 1.46 bits per heavy atom. The molecular weight excluding hydrogens is 162 g/mol. The molecule has 0 spiro atoms. The van der Waals surface area contributed by atoms with E-state index in [1.807, 2.05) is 6.20 Å². The van der Waals surface area contributed by atoms with Crippen molar-refractivity contribution in [1.82, 2.24) is 15.5 Å². The molecule has 1 aromatic rings. The number of aromatic amines is 1. The van der Waals surface area contributed by atoms with Crippen LogP contribution < -0.4 is 5.32 Å². The standard InChI is InChI=1S/C10H17N3/c1-10(2,3)8-6-11-4-7-5-12-13-9(7)8/h5,8,11H,4,6H2,1-3H3,(H,12,13). The minimum Gasteiger partial charge on any atom is -0.312 e. The summed E-state index contributed by atoms with van der Waals surface area (Å²) in [5.41, 5.74) is 2.87. The molecule has 2 heterocycles. The predicted molar refractivity (Wildman–Crippen MR) is 52.5 cm³/mol. The summed E-state index contributed by atoms with van der Waals surface area (Å²) in [5.74, 6) is 0.530. The van der Waals surface area contributed by atoms with E-state index in [0.29, 0.717) is 5.92 Å². The summed E-state index contributed by atoms with van der Waals surface area (Å²) in [4.78, 5) is 0. The molecule has 0 amide bonds. The Bertz CT molecular complexity index is 295. The Morgan fingerprint density at radius 3 is 2.92 bits per heavy atom. The highest BCUT2D eigenvalue weighted by Gasteiger charge is 2.31. The molecule has 0 radical (unpaired) electrons. The number of aromatic nitrogens is 2. The first-order valence-electron chi connectivity index (χ1n) is 4.82. The van der Waals surface area contributed by atoms with E-state index in [2.05, 4.69) is 36.3 Å². The third-order valence-electron chi connectivity index (χ3n) is 2.79. The van der Waals surface area contributed by atoms with Crippen molar-refractivity contribution in [3.63, 3.8) is 0 Å². The predicted octanol–water partition coefficient (Wildman–Crippen LogP) is 1.64. The van der Waals surface area contributed by atoms with Crippen LogP contribution >= 0.6 is 0 Å². The fourth-order valence-electron chi connectivity index (χ4n) is 1.93. The summed E-state index contributed by atoms with van der Waals surface area (Å²) in [6.07, 6.45) is 2.00. The van der Waals surface area contributed by atoms with Gasteiger partial charge in [-0.25, -0.2) is 0 Å². The lowest BCUT2D eigenvalue weighted by Crippen LogP contribution is -2.34. The quantitative estimate of drug-likeness (QED) is 0.635. The van der Waals surface area contributed by atoms with Crippen LogP contribution in [0, 0.1) is 5.41 Å². The lowest BCUT2D eigenvalue weighted by atomic mass is 9.76. The average molecular weight is 179 g/mol. The van der Waals surface area contributed by atoms with E-state index < -0.39 is 0 Å². The molecule has 0 bridgehead atoms. The highest BCUT2D eigenvalue weighted by atomic mass is 15.1. The molecule has 13 heavy (non-hydrogen) atoms. The summed E-state index contributed by atoms with van der Waals surface area (Å²) in [6.45, 7) is 8.80. The molecule has 1 aliphatic rings. The summed E-state index contributed by atoms with van der Waals surface area (Å²) in [7, 11) is 0. The van der Waals surface area contributed by atoms with Gasteiger partial charge < -0.3 is 5.32 Å². The van der Waals surface area contributed by atoms with Crippen LogP contribution in [0.2, 0.25) is 0 Å². The van der Waals surface area contributed by atoms with Gasteiger partial charge in [-0.15, -0.1) is 0 Å². The van der Waals surface area contributed by atoms with Crippen molar-refractivity contribution >= 4 is 0 Å². The number of hydrogen-bond donors (Lipinski definition) is 2. The number of fused-ring (bicyclic) bond motifs is 1. The first kappa shape index (κ1) is 8.75. The molecule has 0 aliphatic carbocycles. The van der Waals surface area contributed by atoms with E-state index in [1.165, 1.54) is 11.3 Å². The second kappa shape index (κ2) is 2.84. The molecule has 3 nitrogen and oxygen atoms in total. The smallest absolute Gasteiger partial charge is 0.0715 e. The summed E-state index contributed by atoms with van der Waals surface area (Å²) < 4.78 is 0. The molecule has 1 atom stereocenters. The second-order valence-corrected chi connectivity index (χ2v) is 4.85. The van der Waals surface area contributed by atoms with Gasteiger partial charge in [0.05, 0.1) is 5.69 Å². The Labute approximate surface area is 78.9 Å². The van der Waals surface area contributed by atoms with Crippen molar-refractivity contribution in [2.24, 2.45) is 5.41 Å². The van der Waals surface area contributed by atoms with Gasteiger partial charge in [0.15, 0.2) is 0 Å². The number of nitrogens with zero attached hydrogens (tertiary/aromatic N) is 1. The fourth-order valence-corrected chi connectivity index (χ4v) is 1.93. The molecule has 1 aromatic heterocycles. The SMILES string of the molecule is CC(C)(C)C1CNCc2c[nH]nc21. The van der Waals surface area contributed by atoms with E-state index in [1.54, 1.807) is 0 Å². The lowest BCUT2D eigenvalue weighted by molar-refractivity contribution is 0.291. The maximum Gasteiger partial charge on any atom is 0.0715 e. The van der Waals surface area contributed by atoms with Crippen molar-refractivity contribution in [2.75, 3.05) is 6.54 Å². The molecule has 0 saturated carbocycles. The monoisotopic (exact) mass is 179 g/mol. The van der Waals surface area contributed by atoms with Crippen LogP contribution in [0.15, 0.2) is 6.20 Å². The van der Waals surface area contributed by atoms with Gasteiger partial charge in [0.2, 0.25) is 0 Å². The number of rotatable bonds is 0. The Balaban J connectivity index is 2.35. The maximum atomic E-state index is 4.34. The van der Waals surface area contributed by atoms with E-state index >= 15 is 0 Å². The van der Waals surface area contributed by atoms with Crippen LogP contribution in [0.25, 0.3) is 0 Å². The van der Waals surface area contributed by atoms with Crippen molar-refractivity contribution in [2.45, 2.75) is 33.2 Å². The summed E-state index contributed by atoms with van der Waals surface area (Å²) >= 11 is 0. The molecule has 1 unspecified atom stereocenters. The topological polar surface area (TPSA) is 40.7 Å². The van der Waals surface area contributed by atoms with E-state index in [0.717, 1.165) is 13.1 Å². The molecule has 1 aliphatic heterocycles. The minimum absolute atomic E-state index is 0.289. The normalized spacial score (nSPS) is 22.8. The zero-order valence-corrected chi connectivity index (χ0v) is 8.52. The van der Waals surface area contributed by atoms with Gasteiger partial charge in [-0.2, -0.15) is 5.10 Å². The first-order chi connectivity index (χ1) is 6.09. The molecule has 0 aromatic carbocycles. The molecule has 0 saturated heterocycles. The Morgan fingerprint density at radius 2 is 2.23 bits per heavy atom. The molecule has 2 rings (SSSR count). The highest BCUT2D eigenvalue weighted by molar-refractivity contribution is 5.25. The van der Waals surface area contributed by atoms with Gasteiger partial charge >= 0.3 is 0 Å². The Kier molecular flexibility index (Phi) is 1.91. The van der Waals surface area contributed by atoms with Crippen molar-refractivity contribution in [3.05, 3.63) is 17.5 Å². The molecular formula is C10H17N3. The van der Waals surface area contributed by atoms with E-state index in [4.69, 9.17) is 0 Å². The lowest BCUT2D eigenvalue weighted by Gasteiger charge is -2.33. The van der Waals surface area contributed by atoms with Crippen molar-refractivity contribution in [1.29, 1.82) is 0 Å². The Hall–Kier alpha value is -0.830. The molecule has 2 N–H and O–H groups in total. The molecule has 0 fully saturated rings.